The number of aromatic nitrogens is 1. The van der Waals surface area contributed by atoms with E-state index < -0.39 is 16.1 Å². The number of sulfonamides is 1. The Morgan fingerprint density at radius 1 is 1.00 bits per heavy atom. The molecule has 2 aromatic heterocycles. The predicted octanol–water partition coefficient (Wildman–Crippen LogP) is 5.29. The molecule has 1 amide bonds. The van der Waals surface area contributed by atoms with Crippen LogP contribution in [0.25, 0.3) is 10.9 Å². The van der Waals surface area contributed by atoms with Gasteiger partial charge in [0.1, 0.15) is 4.90 Å². The van der Waals surface area contributed by atoms with Crippen molar-refractivity contribution in [3.8, 4) is 11.5 Å². The summed E-state index contributed by atoms with van der Waals surface area (Å²) in [6, 6.07) is 17.9. The number of aryl methyl sites for hydroxylation is 1. The molecule has 0 radical (unpaired) electrons. The molecule has 2 heterocycles. The molecular weight excluding hydrogens is 546 g/mol. The molecule has 2 aromatic carbocycles. The Hall–Kier alpha value is -3.47. The normalized spacial score (nSPS) is 11.8. The van der Waals surface area contributed by atoms with Gasteiger partial charge in [-0.1, -0.05) is 24.3 Å². The first-order valence-electron chi connectivity index (χ1n) is 13.0. The van der Waals surface area contributed by atoms with Crippen LogP contribution in [0.1, 0.15) is 29.2 Å². The van der Waals surface area contributed by atoms with Crippen molar-refractivity contribution in [1.82, 2.24) is 14.2 Å². The number of thiophene rings is 1. The van der Waals surface area contributed by atoms with Gasteiger partial charge in [-0.2, -0.15) is 4.31 Å². The summed E-state index contributed by atoms with van der Waals surface area (Å²) in [6.07, 6.45) is 2.14. The highest BCUT2D eigenvalue weighted by molar-refractivity contribution is 7.89. The molecule has 0 aliphatic heterocycles. The molecule has 4 aromatic rings. The summed E-state index contributed by atoms with van der Waals surface area (Å²) in [7, 11) is -0.839. The van der Waals surface area contributed by atoms with Crippen LogP contribution >= 0.6 is 11.3 Å². The van der Waals surface area contributed by atoms with E-state index in [0.717, 1.165) is 20.7 Å². The molecule has 10 heteroatoms. The summed E-state index contributed by atoms with van der Waals surface area (Å²) in [4.78, 5) is 22.2. The number of hydrogen-bond acceptors (Lipinski definition) is 7. The lowest BCUT2D eigenvalue weighted by Crippen LogP contribution is -2.46. The number of fused-ring (bicyclic) bond motifs is 1. The quantitative estimate of drug-likeness (QED) is 0.226. The minimum Gasteiger partial charge on any atom is -0.493 e. The summed E-state index contributed by atoms with van der Waals surface area (Å²) < 4.78 is 39.9. The van der Waals surface area contributed by atoms with Crippen LogP contribution in [0.3, 0.4) is 0 Å². The minimum atomic E-state index is -4.01. The Kier molecular flexibility index (Phi) is 9.44. The van der Waals surface area contributed by atoms with Gasteiger partial charge in [0, 0.05) is 33.9 Å². The number of pyridine rings is 1. The van der Waals surface area contributed by atoms with E-state index in [4.69, 9.17) is 9.47 Å². The van der Waals surface area contributed by atoms with Gasteiger partial charge in [-0.25, -0.2) is 8.42 Å². The molecular formula is C30H35N3O5S2. The van der Waals surface area contributed by atoms with Gasteiger partial charge in [0.25, 0.3) is 0 Å². The van der Waals surface area contributed by atoms with E-state index in [-0.39, 0.29) is 17.3 Å². The molecule has 0 unspecified atom stereocenters. The summed E-state index contributed by atoms with van der Waals surface area (Å²) in [5.41, 5.74) is 1.37. The first kappa shape index (κ1) is 29.5. The van der Waals surface area contributed by atoms with Gasteiger partial charge in [0.05, 0.1) is 32.8 Å². The minimum absolute atomic E-state index is 0.0952. The van der Waals surface area contributed by atoms with E-state index >= 15 is 0 Å². The summed E-state index contributed by atoms with van der Waals surface area (Å²) in [5, 5.41) is 0.725. The highest BCUT2D eigenvalue weighted by Crippen LogP contribution is 2.29. The molecule has 8 nitrogen and oxygen atoms in total. The van der Waals surface area contributed by atoms with Crippen molar-refractivity contribution in [3.63, 3.8) is 0 Å². The van der Waals surface area contributed by atoms with Crippen LogP contribution in [0.15, 0.2) is 71.8 Å². The van der Waals surface area contributed by atoms with E-state index in [1.54, 1.807) is 68.7 Å². The highest BCUT2D eigenvalue weighted by Gasteiger charge is 2.32. The lowest BCUT2D eigenvalue weighted by Gasteiger charge is -2.29. The first-order chi connectivity index (χ1) is 19.1. The third-order valence-electron chi connectivity index (χ3n) is 6.66. The van der Waals surface area contributed by atoms with Crippen molar-refractivity contribution in [2.45, 2.75) is 44.7 Å². The Labute approximate surface area is 240 Å². The van der Waals surface area contributed by atoms with Gasteiger partial charge in [-0.3, -0.25) is 9.78 Å². The topological polar surface area (TPSA) is 89.0 Å². The molecule has 0 bridgehead atoms. The molecule has 0 fully saturated rings. The van der Waals surface area contributed by atoms with E-state index in [2.05, 4.69) is 4.98 Å². The number of methoxy groups -OCH3 is 2. The second kappa shape index (κ2) is 12.8. The van der Waals surface area contributed by atoms with Gasteiger partial charge in [-0.05, 0) is 69.2 Å². The van der Waals surface area contributed by atoms with E-state index in [9.17, 15) is 13.2 Å². The van der Waals surface area contributed by atoms with Crippen molar-refractivity contribution in [1.29, 1.82) is 0 Å². The fourth-order valence-corrected chi connectivity index (χ4v) is 7.20. The van der Waals surface area contributed by atoms with E-state index in [1.165, 1.54) is 4.31 Å². The predicted molar refractivity (Wildman–Crippen MR) is 158 cm³/mol. The zero-order valence-corrected chi connectivity index (χ0v) is 25.1. The number of carbonyl (C=O) groups excluding carboxylic acids is 1. The second-order valence-electron chi connectivity index (χ2n) is 9.74. The number of nitrogens with zero attached hydrogens (tertiary/aromatic N) is 3. The molecule has 0 N–H and O–H groups in total. The van der Waals surface area contributed by atoms with Crippen LogP contribution in [0.4, 0.5) is 0 Å². The maximum Gasteiger partial charge on any atom is 0.245 e. The van der Waals surface area contributed by atoms with Gasteiger partial charge >= 0.3 is 0 Å². The standard InChI is InChI=1S/C30H35N3O5S2/c1-21(2)33(40(35,36)28-10-6-8-24-9-7-16-31-30(24)28)20-29(34)32(19-25-13-11-22(3)39-25)17-15-23-12-14-26(37-4)27(18-23)38-5/h6-14,16,18,21H,15,17,19-20H2,1-5H3. The largest absolute Gasteiger partial charge is 0.493 e. The van der Waals surface area contributed by atoms with Crippen molar-refractivity contribution >= 4 is 38.2 Å². The van der Waals surface area contributed by atoms with Crippen molar-refractivity contribution in [2.24, 2.45) is 0 Å². The number of ether oxygens (including phenoxy) is 2. The van der Waals surface area contributed by atoms with Crippen LogP contribution in [-0.2, 0) is 27.8 Å². The molecule has 212 valence electrons. The van der Waals surface area contributed by atoms with Gasteiger partial charge in [0.15, 0.2) is 11.5 Å². The maximum atomic E-state index is 13.9. The average molecular weight is 582 g/mol. The molecule has 4 rings (SSSR count). The highest BCUT2D eigenvalue weighted by atomic mass is 32.2. The third kappa shape index (κ3) is 6.63. The molecule has 0 saturated carbocycles. The first-order valence-corrected chi connectivity index (χ1v) is 15.3. The number of hydrogen-bond donors (Lipinski definition) is 0. The van der Waals surface area contributed by atoms with Crippen molar-refractivity contribution < 1.29 is 22.7 Å². The lowest BCUT2D eigenvalue weighted by atomic mass is 10.1. The van der Waals surface area contributed by atoms with Gasteiger partial charge in [-0.15, -0.1) is 11.3 Å². The fourth-order valence-electron chi connectivity index (χ4n) is 4.54. The Morgan fingerprint density at radius 2 is 1.75 bits per heavy atom. The van der Waals surface area contributed by atoms with Crippen molar-refractivity contribution in [2.75, 3.05) is 27.3 Å². The van der Waals surface area contributed by atoms with Crippen LogP contribution in [0, 0.1) is 6.92 Å². The van der Waals surface area contributed by atoms with Crippen LogP contribution in [0.5, 0.6) is 11.5 Å². The molecule has 40 heavy (non-hydrogen) atoms. The molecule has 0 aliphatic carbocycles. The number of para-hydroxylation sites is 1. The number of benzene rings is 2. The zero-order chi connectivity index (χ0) is 28.9. The van der Waals surface area contributed by atoms with E-state index in [0.29, 0.717) is 36.5 Å². The number of carbonyl (C=O) groups is 1. The van der Waals surface area contributed by atoms with Gasteiger partial charge < -0.3 is 14.4 Å². The van der Waals surface area contributed by atoms with Crippen LogP contribution in [0.2, 0.25) is 0 Å². The maximum absolute atomic E-state index is 13.9. The van der Waals surface area contributed by atoms with E-state index in [1.807, 2.05) is 49.4 Å². The zero-order valence-electron chi connectivity index (χ0n) is 23.5. The SMILES string of the molecule is COc1ccc(CCN(Cc2ccc(C)s2)C(=O)CN(C(C)C)S(=O)(=O)c2cccc3cccnc23)cc1OC. The van der Waals surface area contributed by atoms with Crippen LogP contribution in [-0.4, -0.2) is 61.9 Å². The Bertz CT molecular complexity index is 1580. The smallest absolute Gasteiger partial charge is 0.245 e. The second-order valence-corrected chi connectivity index (χ2v) is 13.0. The summed E-state index contributed by atoms with van der Waals surface area (Å²) >= 11 is 1.62. The monoisotopic (exact) mass is 581 g/mol. The molecule has 0 atom stereocenters. The molecule has 0 saturated heterocycles. The van der Waals surface area contributed by atoms with Gasteiger partial charge in [0.2, 0.25) is 15.9 Å². The fraction of sp³-hybridized carbons (Fsp3) is 0.333. The molecule has 0 aliphatic rings. The van der Waals surface area contributed by atoms with Crippen molar-refractivity contribution in [3.05, 3.63) is 82.2 Å². The number of rotatable bonds is 12. The average Bonchev–Trinajstić information content (AvgIpc) is 3.37. The third-order valence-corrected chi connectivity index (χ3v) is 9.70. The lowest BCUT2D eigenvalue weighted by molar-refractivity contribution is -0.132. The Balaban J connectivity index is 1.61. The number of amides is 1. The summed E-state index contributed by atoms with van der Waals surface area (Å²) in [6.45, 7) is 6.11. The summed E-state index contributed by atoms with van der Waals surface area (Å²) in [5.74, 6) is 0.985. The Morgan fingerprint density at radius 3 is 2.42 bits per heavy atom. The molecule has 0 spiro atoms. The van der Waals surface area contributed by atoms with Crippen LogP contribution < -0.4 is 9.47 Å².